The minimum atomic E-state index is -0.283. The number of unbranched alkanes of at least 4 members (excludes halogenated alkanes) is 1. The summed E-state index contributed by atoms with van der Waals surface area (Å²) < 4.78 is 18.2. The maximum Gasteiger partial charge on any atom is 0.222 e. The van der Waals surface area contributed by atoms with Crippen molar-refractivity contribution in [3.05, 3.63) is 30.1 Å². The first-order valence-electron chi connectivity index (χ1n) is 8.99. The standard InChI is InChI=1S/C19H29FN2O3/c1-3-22(4-2)19(24)9-7-8-18(23)21-14-5-6-15-25-17-12-10-16(20)11-13-17/h10-13H,3-9,14-15H2,1-2H3,(H,21,23). The molecule has 0 aliphatic heterocycles. The molecule has 0 aliphatic carbocycles. The monoisotopic (exact) mass is 352 g/mol. The van der Waals surface area contributed by atoms with Gasteiger partial charge in [0.1, 0.15) is 11.6 Å². The molecule has 6 heteroatoms. The van der Waals surface area contributed by atoms with Gasteiger partial charge >= 0.3 is 0 Å². The van der Waals surface area contributed by atoms with E-state index in [1.807, 2.05) is 13.8 Å². The van der Waals surface area contributed by atoms with Crippen molar-refractivity contribution in [1.29, 1.82) is 0 Å². The number of nitrogens with one attached hydrogen (secondary N) is 1. The summed E-state index contributed by atoms with van der Waals surface area (Å²) in [6.45, 7) is 6.44. The number of halogens is 1. The van der Waals surface area contributed by atoms with Crippen LogP contribution in [0.15, 0.2) is 24.3 Å². The normalized spacial score (nSPS) is 10.4. The van der Waals surface area contributed by atoms with Gasteiger partial charge in [-0.1, -0.05) is 0 Å². The molecule has 1 rings (SSSR count). The minimum absolute atomic E-state index is 0.0215. The van der Waals surface area contributed by atoms with E-state index in [1.54, 1.807) is 17.0 Å². The maximum atomic E-state index is 12.7. The number of ether oxygens (including phenoxy) is 1. The summed E-state index contributed by atoms with van der Waals surface area (Å²) in [5.74, 6) is 0.444. The zero-order valence-corrected chi connectivity index (χ0v) is 15.2. The van der Waals surface area contributed by atoms with E-state index in [4.69, 9.17) is 4.74 Å². The molecule has 0 saturated carbocycles. The van der Waals surface area contributed by atoms with Crippen molar-refractivity contribution in [3.8, 4) is 5.75 Å². The Hall–Kier alpha value is -2.11. The lowest BCUT2D eigenvalue weighted by atomic mass is 10.2. The van der Waals surface area contributed by atoms with Crippen LogP contribution in [0.25, 0.3) is 0 Å². The van der Waals surface area contributed by atoms with Gasteiger partial charge in [0, 0.05) is 32.5 Å². The van der Waals surface area contributed by atoms with Gasteiger partial charge in [0.25, 0.3) is 0 Å². The van der Waals surface area contributed by atoms with Crippen LogP contribution in [-0.4, -0.2) is 43.0 Å². The molecule has 0 aromatic heterocycles. The number of nitrogens with zero attached hydrogens (tertiary/aromatic N) is 1. The number of benzene rings is 1. The zero-order valence-electron chi connectivity index (χ0n) is 15.2. The van der Waals surface area contributed by atoms with Gasteiger partial charge < -0.3 is 15.0 Å². The van der Waals surface area contributed by atoms with Crippen molar-refractivity contribution in [2.75, 3.05) is 26.2 Å². The number of hydrogen-bond acceptors (Lipinski definition) is 3. The van der Waals surface area contributed by atoms with E-state index < -0.39 is 0 Å². The van der Waals surface area contributed by atoms with Crippen LogP contribution in [0.1, 0.15) is 46.0 Å². The van der Waals surface area contributed by atoms with E-state index >= 15 is 0 Å². The van der Waals surface area contributed by atoms with Gasteiger partial charge in [-0.25, -0.2) is 4.39 Å². The molecule has 0 aliphatic rings. The Morgan fingerprint density at radius 3 is 2.36 bits per heavy atom. The summed E-state index contributed by atoms with van der Waals surface area (Å²) in [5, 5.41) is 2.85. The maximum absolute atomic E-state index is 12.7. The molecule has 0 atom stereocenters. The average Bonchev–Trinajstić information content (AvgIpc) is 2.60. The van der Waals surface area contributed by atoms with Crippen molar-refractivity contribution in [2.45, 2.75) is 46.0 Å². The molecule has 0 saturated heterocycles. The molecule has 2 amide bonds. The quantitative estimate of drug-likeness (QED) is 0.588. The van der Waals surface area contributed by atoms with Gasteiger partial charge in [-0.05, 0) is 57.4 Å². The molecule has 0 radical (unpaired) electrons. The second-order valence-electron chi connectivity index (χ2n) is 5.78. The summed E-state index contributed by atoms with van der Waals surface area (Å²) in [7, 11) is 0. The lowest BCUT2D eigenvalue weighted by Gasteiger charge is -2.18. The Morgan fingerprint density at radius 2 is 1.72 bits per heavy atom. The molecule has 0 spiro atoms. The Kier molecular flexibility index (Phi) is 10.3. The molecule has 0 fully saturated rings. The van der Waals surface area contributed by atoms with E-state index in [-0.39, 0.29) is 17.6 Å². The van der Waals surface area contributed by atoms with Gasteiger partial charge in [0.15, 0.2) is 0 Å². The minimum Gasteiger partial charge on any atom is -0.494 e. The predicted octanol–water partition coefficient (Wildman–Crippen LogP) is 3.14. The van der Waals surface area contributed by atoms with Crippen LogP contribution in [0.3, 0.4) is 0 Å². The topological polar surface area (TPSA) is 58.6 Å². The summed E-state index contributed by atoms with van der Waals surface area (Å²) in [6, 6.07) is 5.91. The summed E-state index contributed by atoms with van der Waals surface area (Å²) in [4.78, 5) is 25.3. The average molecular weight is 352 g/mol. The van der Waals surface area contributed by atoms with Crippen LogP contribution in [0.5, 0.6) is 5.75 Å². The number of carbonyl (C=O) groups excluding carboxylic acids is 2. The van der Waals surface area contributed by atoms with E-state index in [1.165, 1.54) is 12.1 Å². The third-order valence-corrected chi connectivity index (χ3v) is 3.89. The highest BCUT2D eigenvalue weighted by Gasteiger charge is 2.10. The molecule has 1 aromatic carbocycles. The van der Waals surface area contributed by atoms with Crippen LogP contribution >= 0.6 is 0 Å². The molecule has 0 bridgehead atoms. The van der Waals surface area contributed by atoms with Crippen molar-refractivity contribution in [3.63, 3.8) is 0 Å². The van der Waals surface area contributed by atoms with Crippen LogP contribution in [0.4, 0.5) is 4.39 Å². The highest BCUT2D eigenvalue weighted by Crippen LogP contribution is 2.11. The van der Waals surface area contributed by atoms with Crippen molar-refractivity contribution >= 4 is 11.8 Å². The molecule has 1 N–H and O–H groups in total. The fourth-order valence-electron chi connectivity index (χ4n) is 2.40. The highest BCUT2D eigenvalue weighted by molar-refractivity contribution is 5.78. The molecule has 0 heterocycles. The van der Waals surface area contributed by atoms with Crippen molar-refractivity contribution < 1.29 is 18.7 Å². The van der Waals surface area contributed by atoms with Gasteiger partial charge in [0.2, 0.25) is 11.8 Å². The van der Waals surface area contributed by atoms with Gasteiger partial charge in [0.05, 0.1) is 6.61 Å². The molecule has 140 valence electrons. The first kappa shape index (κ1) is 20.9. The summed E-state index contributed by atoms with van der Waals surface area (Å²) >= 11 is 0. The SMILES string of the molecule is CCN(CC)C(=O)CCCC(=O)NCCCCOc1ccc(F)cc1. The molecular formula is C19H29FN2O3. The van der Waals surface area contributed by atoms with Crippen LogP contribution < -0.4 is 10.1 Å². The molecule has 1 aromatic rings. The number of hydrogen-bond donors (Lipinski definition) is 1. The van der Waals surface area contributed by atoms with E-state index in [2.05, 4.69) is 5.32 Å². The Labute approximate surface area is 149 Å². The first-order valence-corrected chi connectivity index (χ1v) is 8.99. The van der Waals surface area contributed by atoms with Crippen LogP contribution in [0, 0.1) is 5.82 Å². The number of rotatable bonds is 12. The van der Waals surface area contributed by atoms with E-state index in [9.17, 15) is 14.0 Å². The fourth-order valence-corrected chi connectivity index (χ4v) is 2.40. The smallest absolute Gasteiger partial charge is 0.222 e. The lowest BCUT2D eigenvalue weighted by Crippen LogP contribution is -2.30. The predicted molar refractivity (Wildman–Crippen MR) is 95.9 cm³/mol. The second-order valence-corrected chi connectivity index (χ2v) is 5.78. The fraction of sp³-hybridized carbons (Fsp3) is 0.579. The number of amides is 2. The highest BCUT2D eigenvalue weighted by atomic mass is 19.1. The number of carbonyl (C=O) groups is 2. The Balaban J connectivity index is 2.01. The van der Waals surface area contributed by atoms with E-state index in [0.717, 1.165) is 12.8 Å². The molecule has 25 heavy (non-hydrogen) atoms. The third kappa shape index (κ3) is 9.08. The van der Waals surface area contributed by atoms with Gasteiger partial charge in [-0.15, -0.1) is 0 Å². The third-order valence-electron chi connectivity index (χ3n) is 3.89. The Morgan fingerprint density at radius 1 is 1.04 bits per heavy atom. The van der Waals surface area contributed by atoms with Gasteiger partial charge in [-0.2, -0.15) is 0 Å². The zero-order chi connectivity index (χ0) is 18.5. The van der Waals surface area contributed by atoms with E-state index in [0.29, 0.717) is 51.3 Å². The Bertz CT molecular complexity index is 516. The molecule has 0 unspecified atom stereocenters. The summed E-state index contributed by atoms with van der Waals surface area (Å²) in [5.41, 5.74) is 0. The van der Waals surface area contributed by atoms with Crippen molar-refractivity contribution in [1.82, 2.24) is 10.2 Å². The molecular weight excluding hydrogens is 323 g/mol. The molecule has 5 nitrogen and oxygen atoms in total. The summed E-state index contributed by atoms with van der Waals surface area (Å²) in [6.07, 6.45) is 2.98. The second kappa shape index (κ2) is 12.3. The van der Waals surface area contributed by atoms with Crippen LogP contribution in [-0.2, 0) is 9.59 Å². The first-order chi connectivity index (χ1) is 12.1. The van der Waals surface area contributed by atoms with Crippen molar-refractivity contribution in [2.24, 2.45) is 0 Å². The largest absolute Gasteiger partial charge is 0.494 e. The lowest BCUT2D eigenvalue weighted by molar-refractivity contribution is -0.131. The van der Waals surface area contributed by atoms with Crippen LogP contribution in [0.2, 0.25) is 0 Å². The van der Waals surface area contributed by atoms with Gasteiger partial charge in [-0.3, -0.25) is 9.59 Å².